The number of fused-ring (bicyclic) bond motifs is 2. The molecule has 0 heterocycles. The van der Waals surface area contributed by atoms with Crippen molar-refractivity contribution < 1.29 is 0 Å². The summed E-state index contributed by atoms with van der Waals surface area (Å²) < 4.78 is 0. The topological polar surface area (TPSA) is 24.1 Å². The Hall–Kier alpha value is -0.340. The number of hydrogen-bond donors (Lipinski definition) is 2. The molecule has 2 heteroatoms. The number of nitrogens with one attached hydrogen (secondary N) is 2. The zero-order valence-electron chi connectivity index (χ0n) is 7.17. The number of rotatable bonds is 2. The third-order valence-electron chi connectivity index (χ3n) is 3.13. The molecule has 2 nitrogen and oxygen atoms in total. The first-order valence-electron chi connectivity index (χ1n) is 4.39. The van der Waals surface area contributed by atoms with Gasteiger partial charge in [0.1, 0.15) is 0 Å². The van der Waals surface area contributed by atoms with Crippen LogP contribution < -0.4 is 10.6 Å². The van der Waals surface area contributed by atoms with Crippen molar-refractivity contribution in [1.82, 2.24) is 10.6 Å². The fourth-order valence-electron chi connectivity index (χ4n) is 2.61. The molecule has 2 bridgehead atoms. The van der Waals surface area contributed by atoms with Gasteiger partial charge in [-0.1, -0.05) is 12.2 Å². The van der Waals surface area contributed by atoms with Crippen LogP contribution in [0.3, 0.4) is 0 Å². The summed E-state index contributed by atoms with van der Waals surface area (Å²) in [6.07, 6.45) is 6.07. The van der Waals surface area contributed by atoms with Gasteiger partial charge in [-0.3, -0.25) is 0 Å². The molecular weight excluding hydrogens is 136 g/mol. The lowest BCUT2D eigenvalue weighted by molar-refractivity contribution is 0.387. The van der Waals surface area contributed by atoms with E-state index in [0.717, 1.165) is 11.8 Å². The van der Waals surface area contributed by atoms with Gasteiger partial charge in [0.05, 0.1) is 0 Å². The summed E-state index contributed by atoms with van der Waals surface area (Å²) in [4.78, 5) is 0. The van der Waals surface area contributed by atoms with Crippen LogP contribution in [0.2, 0.25) is 0 Å². The summed E-state index contributed by atoms with van der Waals surface area (Å²) in [5, 5.41) is 6.77. The molecule has 0 spiro atoms. The highest BCUT2D eigenvalue weighted by Crippen LogP contribution is 2.38. The predicted octanol–water partition coefficient (Wildman–Crippen LogP) is 0.368. The maximum atomic E-state index is 3.38. The second-order valence-electron chi connectivity index (χ2n) is 3.58. The van der Waals surface area contributed by atoms with Crippen LogP contribution in [0.15, 0.2) is 12.2 Å². The molecule has 0 aromatic rings. The molecule has 2 rings (SSSR count). The van der Waals surface area contributed by atoms with Gasteiger partial charge in [-0.15, -0.1) is 0 Å². The zero-order chi connectivity index (χ0) is 7.84. The number of hydrogen-bond acceptors (Lipinski definition) is 2. The minimum atomic E-state index is 0.662. The lowest BCUT2D eigenvalue weighted by Gasteiger charge is -2.27. The van der Waals surface area contributed by atoms with Crippen LogP contribution in [0.25, 0.3) is 0 Å². The first-order chi connectivity index (χ1) is 5.36. The van der Waals surface area contributed by atoms with Crippen molar-refractivity contribution in [3.8, 4) is 0 Å². The van der Waals surface area contributed by atoms with Crippen molar-refractivity contribution in [1.29, 1.82) is 0 Å². The van der Waals surface area contributed by atoms with Crippen LogP contribution >= 0.6 is 0 Å². The van der Waals surface area contributed by atoms with Gasteiger partial charge in [-0.05, 0) is 32.4 Å². The summed E-state index contributed by atoms with van der Waals surface area (Å²) in [6, 6.07) is 1.32. The fourth-order valence-corrected chi connectivity index (χ4v) is 2.61. The van der Waals surface area contributed by atoms with Crippen LogP contribution in [-0.4, -0.2) is 26.2 Å². The van der Waals surface area contributed by atoms with Gasteiger partial charge in [-0.2, -0.15) is 0 Å². The second kappa shape index (κ2) is 2.61. The van der Waals surface area contributed by atoms with E-state index in [1.165, 1.54) is 6.42 Å². The first-order valence-corrected chi connectivity index (χ1v) is 4.39. The average molecular weight is 152 g/mol. The van der Waals surface area contributed by atoms with Crippen LogP contribution in [-0.2, 0) is 0 Å². The highest BCUT2D eigenvalue weighted by atomic mass is 15.0. The van der Waals surface area contributed by atoms with Crippen molar-refractivity contribution >= 4 is 0 Å². The molecule has 4 atom stereocenters. The molecule has 11 heavy (non-hydrogen) atoms. The van der Waals surface area contributed by atoms with E-state index in [9.17, 15) is 0 Å². The fraction of sp³-hybridized carbons (Fsp3) is 0.778. The van der Waals surface area contributed by atoms with Crippen molar-refractivity contribution in [2.75, 3.05) is 14.1 Å². The molecule has 2 aliphatic carbocycles. The van der Waals surface area contributed by atoms with E-state index in [1.54, 1.807) is 0 Å². The van der Waals surface area contributed by atoms with Crippen molar-refractivity contribution in [2.24, 2.45) is 11.8 Å². The van der Waals surface area contributed by atoms with E-state index in [1.807, 2.05) is 0 Å². The summed E-state index contributed by atoms with van der Waals surface area (Å²) in [6.45, 7) is 0. The lowest BCUT2D eigenvalue weighted by Crippen LogP contribution is -2.47. The molecular formula is C9H16N2. The van der Waals surface area contributed by atoms with Gasteiger partial charge < -0.3 is 10.6 Å². The van der Waals surface area contributed by atoms with Gasteiger partial charge in [0.25, 0.3) is 0 Å². The Morgan fingerprint density at radius 3 is 1.82 bits per heavy atom. The van der Waals surface area contributed by atoms with Crippen LogP contribution in [0.4, 0.5) is 0 Å². The molecule has 0 aromatic carbocycles. The van der Waals surface area contributed by atoms with E-state index >= 15 is 0 Å². The molecule has 62 valence electrons. The predicted molar refractivity (Wildman–Crippen MR) is 46.4 cm³/mol. The molecule has 0 amide bonds. The molecule has 1 saturated carbocycles. The Morgan fingerprint density at radius 2 is 1.45 bits per heavy atom. The van der Waals surface area contributed by atoms with Crippen molar-refractivity contribution in [2.45, 2.75) is 18.5 Å². The van der Waals surface area contributed by atoms with E-state index < -0.39 is 0 Å². The largest absolute Gasteiger partial charge is 0.315 e. The van der Waals surface area contributed by atoms with Crippen LogP contribution in [0.1, 0.15) is 6.42 Å². The van der Waals surface area contributed by atoms with Gasteiger partial charge in [0.2, 0.25) is 0 Å². The summed E-state index contributed by atoms with van der Waals surface area (Å²) in [5.74, 6) is 1.56. The SMILES string of the molecule is CNC1C2C=CC(C2)C1NC. The third-order valence-corrected chi connectivity index (χ3v) is 3.13. The van der Waals surface area contributed by atoms with Gasteiger partial charge in [0.15, 0.2) is 0 Å². The molecule has 1 fully saturated rings. The van der Waals surface area contributed by atoms with Crippen molar-refractivity contribution in [3.63, 3.8) is 0 Å². The van der Waals surface area contributed by atoms with E-state index in [2.05, 4.69) is 36.9 Å². The zero-order valence-corrected chi connectivity index (χ0v) is 7.17. The van der Waals surface area contributed by atoms with Crippen LogP contribution in [0.5, 0.6) is 0 Å². The standard InChI is InChI=1S/C9H16N2/c1-10-8-6-3-4-7(5-6)9(8)11-2/h3-4,6-11H,5H2,1-2H3. The molecule has 0 saturated heterocycles. The van der Waals surface area contributed by atoms with E-state index in [-0.39, 0.29) is 0 Å². The quantitative estimate of drug-likeness (QED) is 0.559. The van der Waals surface area contributed by atoms with Gasteiger partial charge in [-0.25, -0.2) is 0 Å². The Bertz CT molecular complexity index is 158. The molecule has 0 radical (unpaired) electrons. The Morgan fingerprint density at radius 1 is 1.00 bits per heavy atom. The monoisotopic (exact) mass is 152 g/mol. The number of likely N-dealkylation sites (N-methyl/N-ethyl adjacent to an activating group) is 2. The first kappa shape index (κ1) is 7.32. The lowest BCUT2D eigenvalue weighted by atomic mass is 9.96. The third kappa shape index (κ3) is 0.932. The smallest absolute Gasteiger partial charge is 0.0286 e. The van der Waals surface area contributed by atoms with E-state index in [0.29, 0.717) is 12.1 Å². The maximum Gasteiger partial charge on any atom is 0.0286 e. The van der Waals surface area contributed by atoms with Gasteiger partial charge >= 0.3 is 0 Å². The Balaban J connectivity index is 2.15. The molecule has 4 unspecified atom stereocenters. The molecule has 0 aliphatic heterocycles. The maximum absolute atomic E-state index is 3.38. The van der Waals surface area contributed by atoms with Crippen molar-refractivity contribution in [3.05, 3.63) is 12.2 Å². The minimum absolute atomic E-state index is 0.662. The van der Waals surface area contributed by atoms with Crippen LogP contribution in [0, 0.1) is 11.8 Å². The Labute approximate surface area is 68.1 Å². The highest BCUT2D eigenvalue weighted by Gasteiger charge is 2.42. The second-order valence-corrected chi connectivity index (χ2v) is 3.58. The van der Waals surface area contributed by atoms with E-state index in [4.69, 9.17) is 0 Å². The molecule has 2 aliphatic rings. The van der Waals surface area contributed by atoms with Gasteiger partial charge in [0, 0.05) is 12.1 Å². The average Bonchev–Trinajstić information content (AvgIpc) is 2.60. The Kier molecular flexibility index (Phi) is 1.74. The molecule has 2 N–H and O–H groups in total. The highest BCUT2D eigenvalue weighted by molar-refractivity contribution is 5.18. The summed E-state index contributed by atoms with van der Waals surface area (Å²) in [7, 11) is 4.12. The molecule has 0 aromatic heterocycles. The summed E-state index contributed by atoms with van der Waals surface area (Å²) >= 11 is 0. The minimum Gasteiger partial charge on any atom is -0.315 e. The normalized spacial score (nSPS) is 47.1. The summed E-state index contributed by atoms with van der Waals surface area (Å²) in [5.41, 5.74) is 0.